The van der Waals surface area contributed by atoms with E-state index < -0.39 is 0 Å². The molecular formula is C15H27N2O. The molecule has 1 aliphatic rings. The van der Waals surface area contributed by atoms with Crippen LogP contribution in [0.4, 0.5) is 0 Å². The van der Waals surface area contributed by atoms with Crippen molar-refractivity contribution in [3.8, 4) is 0 Å². The minimum absolute atomic E-state index is 0.312. The molecule has 0 aromatic rings. The highest BCUT2D eigenvalue weighted by molar-refractivity contribution is 5.00. The van der Waals surface area contributed by atoms with E-state index in [2.05, 4.69) is 18.1 Å². The maximum absolute atomic E-state index is 12.3. The molecule has 0 aromatic carbocycles. The number of hydrogen-bond acceptors (Lipinski definition) is 2. The molecule has 0 aliphatic carbocycles. The van der Waals surface area contributed by atoms with E-state index in [0.717, 1.165) is 25.9 Å². The van der Waals surface area contributed by atoms with Crippen LogP contribution in [0.5, 0.6) is 0 Å². The summed E-state index contributed by atoms with van der Waals surface area (Å²) in [6, 6.07) is 0.413. The molecule has 18 heavy (non-hydrogen) atoms. The highest BCUT2D eigenvalue weighted by atomic mass is 16.5. The molecular weight excluding hydrogens is 224 g/mol. The molecule has 1 fully saturated rings. The Labute approximate surface area is 112 Å². The van der Waals surface area contributed by atoms with Crippen LogP contribution >= 0.6 is 0 Å². The van der Waals surface area contributed by atoms with E-state index in [-0.39, 0.29) is 11.1 Å². The van der Waals surface area contributed by atoms with E-state index in [1.54, 1.807) is 0 Å². The van der Waals surface area contributed by atoms with E-state index in [4.69, 9.17) is 0 Å². The van der Waals surface area contributed by atoms with Crippen molar-refractivity contribution in [2.75, 3.05) is 13.1 Å². The van der Waals surface area contributed by atoms with Crippen LogP contribution in [-0.4, -0.2) is 40.2 Å². The Morgan fingerprint density at radius 1 is 1.11 bits per heavy atom. The van der Waals surface area contributed by atoms with Gasteiger partial charge >= 0.3 is 0 Å². The summed E-state index contributed by atoms with van der Waals surface area (Å²) in [4.78, 5) is 2.36. The molecule has 0 atom stereocenters. The molecule has 1 radical (unpaired) electrons. The van der Waals surface area contributed by atoms with Crippen molar-refractivity contribution in [2.24, 2.45) is 0 Å². The molecule has 0 N–H and O–H groups in total. The minimum Gasteiger partial charge on any atom is -0.293 e. The van der Waals surface area contributed by atoms with Crippen molar-refractivity contribution < 1.29 is 5.21 Å². The van der Waals surface area contributed by atoms with Crippen LogP contribution in [0.25, 0.3) is 0 Å². The average molecular weight is 251 g/mol. The molecule has 0 spiro atoms. The van der Waals surface area contributed by atoms with Gasteiger partial charge < -0.3 is 0 Å². The Bertz CT molecular complexity index is 282. The zero-order chi connectivity index (χ0) is 14.0. The third kappa shape index (κ3) is 3.22. The normalized spacial score (nSPS) is 24.1. The van der Waals surface area contributed by atoms with Crippen LogP contribution in [0.2, 0.25) is 0 Å². The molecule has 0 bridgehead atoms. The first-order valence-corrected chi connectivity index (χ1v) is 6.68. The maximum atomic E-state index is 12.3. The van der Waals surface area contributed by atoms with Crippen molar-refractivity contribution in [3.63, 3.8) is 0 Å². The number of piperidine rings is 1. The number of hydrogen-bond donors (Lipinski definition) is 0. The maximum Gasteiger partial charge on any atom is 0.0458 e. The van der Waals surface area contributed by atoms with E-state index in [1.807, 2.05) is 39.8 Å². The summed E-state index contributed by atoms with van der Waals surface area (Å²) in [6.07, 6.45) is 5.63. The lowest BCUT2D eigenvalue weighted by molar-refractivity contribution is -0.294. The molecule has 3 nitrogen and oxygen atoms in total. The number of nitrogens with zero attached hydrogens (tertiary/aromatic N) is 2. The standard InChI is InChI=1S/C15H27N2O/c1-7-9-16(10-8-2)13-11-14(3,4)17(18)15(5,6)12-13/h7-8,13H,1-2,9-12H2,3-6H3. The van der Waals surface area contributed by atoms with Gasteiger partial charge in [-0.15, -0.1) is 23.4 Å². The largest absolute Gasteiger partial charge is 0.293 e. The van der Waals surface area contributed by atoms with Crippen LogP contribution in [-0.2, 0) is 5.21 Å². The lowest BCUT2D eigenvalue weighted by Gasteiger charge is -2.52. The van der Waals surface area contributed by atoms with Gasteiger partial charge in [-0.05, 0) is 40.5 Å². The lowest BCUT2D eigenvalue weighted by atomic mass is 9.78. The molecule has 1 saturated heterocycles. The van der Waals surface area contributed by atoms with Crippen LogP contribution in [0.3, 0.4) is 0 Å². The van der Waals surface area contributed by atoms with Crippen LogP contribution < -0.4 is 0 Å². The second-order valence-electron chi connectivity index (χ2n) is 6.51. The molecule has 1 rings (SSSR count). The fraction of sp³-hybridized carbons (Fsp3) is 0.733. The van der Waals surface area contributed by atoms with Gasteiger partial charge in [-0.1, -0.05) is 12.2 Å². The zero-order valence-electron chi connectivity index (χ0n) is 12.3. The van der Waals surface area contributed by atoms with Gasteiger partial charge in [-0.3, -0.25) is 4.90 Å². The summed E-state index contributed by atoms with van der Waals surface area (Å²) >= 11 is 0. The van der Waals surface area contributed by atoms with Crippen molar-refractivity contribution >= 4 is 0 Å². The first-order valence-electron chi connectivity index (χ1n) is 6.68. The summed E-state index contributed by atoms with van der Waals surface area (Å²) in [5, 5.41) is 13.6. The van der Waals surface area contributed by atoms with Crippen LogP contribution in [0.15, 0.2) is 25.3 Å². The molecule has 0 aromatic heterocycles. The van der Waals surface area contributed by atoms with Crippen molar-refractivity contribution in [3.05, 3.63) is 25.3 Å². The van der Waals surface area contributed by atoms with Gasteiger partial charge in [0, 0.05) is 30.2 Å². The molecule has 3 heteroatoms. The van der Waals surface area contributed by atoms with E-state index in [9.17, 15) is 5.21 Å². The molecule has 1 heterocycles. The summed E-state index contributed by atoms with van der Waals surface area (Å²) < 4.78 is 0. The smallest absolute Gasteiger partial charge is 0.0458 e. The van der Waals surface area contributed by atoms with Crippen LogP contribution in [0, 0.1) is 0 Å². The topological polar surface area (TPSA) is 26.4 Å². The first-order chi connectivity index (χ1) is 8.24. The monoisotopic (exact) mass is 251 g/mol. The van der Waals surface area contributed by atoms with Crippen LogP contribution in [0.1, 0.15) is 40.5 Å². The Morgan fingerprint density at radius 2 is 1.50 bits per heavy atom. The first kappa shape index (κ1) is 15.4. The fourth-order valence-electron chi connectivity index (χ4n) is 3.17. The Kier molecular flexibility index (Phi) is 4.76. The van der Waals surface area contributed by atoms with Crippen molar-refractivity contribution in [1.29, 1.82) is 0 Å². The predicted molar refractivity (Wildman–Crippen MR) is 75.7 cm³/mol. The SMILES string of the molecule is C=CCN(CC=C)C1CC(C)(C)N([O])C(C)(C)C1. The fourth-order valence-corrected chi connectivity index (χ4v) is 3.17. The molecule has 0 unspecified atom stereocenters. The summed E-state index contributed by atoms with van der Waals surface area (Å²) in [5.41, 5.74) is -0.625. The molecule has 0 amide bonds. The molecule has 103 valence electrons. The minimum atomic E-state index is -0.312. The summed E-state index contributed by atoms with van der Waals surface area (Å²) in [7, 11) is 0. The lowest BCUT2D eigenvalue weighted by Crippen LogP contribution is -2.62. The zero-order valence-corrected chi connectivity index (χ0v) is 12.3. The Balaban J connectivity index is 2.89. The number of hydroxylamine groups is 2. The van der Waals surface area contributed by atoms with E-state index >= 15 is 0 Å². The summed E-state index contributed by atoms with van der Waals surface area (Å²) in [6.45, 7) is 17.5. The summed E-state index contributed by atoms with van der Waals surface area (Å²) in [5.74, 6) is 0. The predicted octanol–water partition coefficient (Wildman–Crippen LogP) is 3.03. The van der Waals surface area contributed by atoms with E-state index in [1.165, 1.54) is 5.06 Å². The van der Waals surface area contributed by atoms with Gasteiger partial charge in [0.05, 0.1) is 0 Å². The highest BCUT2D eigenvalue weighted by Crippen LogP contribution is 2.38. The Morgan fingerprint density at radius 3 is 1.83 bits per heavy atom. The third-order valence-corrected chi connectivity index (χ3v) is 3.81. The quantitative estimate of drug-likeness (QED) is 0.702. The van der Waals surface area contributed by atoms with Crippen molar-refractivity contribution in [2.45, 2.75) is 57.7 Å². The highest BCUT2D eigenvalue weighted by Gasteiger charge is 2.47. The number of rotatable bonds is 5. The van der Waals surface area contributed by atoms with Crippen molar-refractivity contribution in [1.82, 2.24) is 9.96 Å². The van der Waals surface area contributed by atoms with Gasteiger partial charge in [0.15, 0.2) is 0 Å². The van der Waals surface area contributed by atoms with E-state index in [0.29, 0.717) is 6.04 Å². The average Bonchev–Trinajstić information content (AvgIpc) is 2.24. The Hall–Kier alpha value is -0.640. The van der Waals surface area contributed by atoms with Gasteiger partial charge in [-0.25, -0.2) is 0 Å². The second kappa shape index (κ2) is 5.55. The van der Waals surface area contributed by atoms with Gasteiger partial charge in [0.2, 0.25) is 0 Å². The third-order valence-electron chi connectivity index (χ3n) is 3.81. The van der Waals surface area contributed by atoms with Gasteiger partial charge in [-0.2, -0.15) is 0 Å². The van der Waals surface area contributed by atoms with Gasteiger partial charge in [0.1, 0.15) is 0 Å². The second-order valence-corrected chi connectivity index (χ2v) is 6.51. The molecule has 1 aliphatic heterocycles. The van der Waals surface area contributed by atoms with Gasteiger partial charge in [0.25, 0.3) is 0 Å². The molecule has 0 saturated carbocycles.